The van der Waals surface area contributed by atoms with E-state index in [1.165, 1.54) is 5.56 Å². The number of aliphatic hydroxyl groups excluding tert-OH is 1. The number of benzene rings is 1. The number of nitrogens with zero attached hydrogens (tertiary/aromatic N) is 5. The summed E-state index contributed by atoms with van der Waals surface area (Å²) in [4.78, 5) is 16.5. The number of aromatic nitrogens is 3. The number of nitrogen functional groups attached to an aromatic ring is 1. The number of anilines is 2. The van der Waals surface area contributed by atoms with Crippen LogP contribution in [0.15, 0.2) is 30.3 Å². The lowest BCUT2D eigenvalue weighted by Gasteiger charge is -2.21. The summed E-state index contributed by atoms with van der Waals surface area (Å²) in [6, 6.07) is 10.1. The highest BCUT2D eigenvalue weighted by Gasteiger charge is 2.11. The molecule has 118 valence electrons. The molecule has 0 aliphatic rings. The van der Waals surface area contributed by atoms with Gasteiger partial charge in [-0.15, -0.1) is 0 Å². The lowest BCUT2D eigenvalue weighted by Crippen LogP contribution is -2.28. The van der Waals surface area contributed by atoms with E-state index >= 15 is 0 Å². The molecule has 0 saturated carbocycles. The summed E-state index contributed by atoms with van der Waals surface area (Å²) in [5.41, 5.74) is 6.91. The van der Waals surface area contributed by atoms with Gasteiger partial charge in [-0.2, -0.15) is 15.0 Å². The van der Waals surface area contributed by atoms with E-state index in [0.29, 0.717) is 31.4 Å². The van der Waals surface area contributed by atoms with Gasteiger partial charge in [0.15, 0.2) is 0 Å². The summed E-state index contributed by atoms with van der Waals surface area (Å²) in [6.07, 6.45) is 0. The predicted molar refractivity (Wildman–Crippen MR) is 86.2 cm³/mol. The maximum atomic E-state index is 9.26. The van der Waals surface area contributed by atoms with Gasteiger partial charge >= 0.3 is 0 Å². The number of rotatable bonds is 7. The molecule has 0 unspecified atom stereocenters. The standard InChI is InChI=1S/C15H22N6O/c1-20(2)15-18-13(17-14(16)19-15)11-21(8-9-22)10-12-6-4-3-5-7-12/h3-7,22H,8-11H2,1-2H3,(H2,16,17,18,19). The van der Waals surface area contributed by atoms with Crippen molar-refractivity contribution < 1.29 is 5.11 Å². The minimum atomic E-state index is 0.0773. The van der Waals surface area contributed by atoms with E-state index in [0.717, 1.165) is 0 Å². The maximum Gasteiger partial charge on any atom is 0.229 e. The molecule has 3 N–H and O–H groups in total. The average Bonchev–Trinajstić information content (AvgIpc) is 2.48. The molecule has 0 bridgehead atoms. The van der Waals surface area contributed by atoms with Crippen LogP contribution in [0.2, 0.25) is 0 Å². The average molecular weight is 302 g/mol. The molecule has 0 atom stereocenters. The van der Waals surface area contributed by atoms with Crippen LogP contribution in [0.5, 0.6) is 0 Å². The van der Waals surface area contributed by atoms with Crippen molar-refractivity contribution in [1.29, 1.82) is 0 Å². The number of hydrogen-bond acceptors (Lipinski definition) is 7. The zero-order valence-electron chi connectivity index (χ0n) is 13.0. The van der Waals surface area contributed by atoms with Crippen LogP contribution >= 0.6 is 0 Å². The summed E-state index contributed by atoms with van der Waals surface area (Å²) < 4.78 is 0. The lowest BCUT2D eigenvalue weighted by atomic mass is 10.2. The number of aliphatic hydroxyl groups is 1. The maximum absolute atomic E-state index is 9.26. The van der Waals surface area contributed by atoms with Crippen LogP contribution in [0.25, 0.3) is 0 Å². The first-order valence-corrected chi connectivity index (χ1v) is 7.13. The Morgan fingerprint density at radius 2 is 1.77 bits per heavy atom. The Kier molecular flexibility index (Phi) is 5.62. The molecule has 7 heteroatoms. The number of hydrogen-bond donors (Lipinski definition) is 2. The van der Waals surface area contributed by atoms with Gasteiger partial charge in [0.25, 0.3) is 0 Å². The first-order valence-electron chi connectivity index (χ1n) is 7.13. The van der Waals surface area contributed by atoms with Crippen LogP contribution in [0.3, 0.4) is 0 Å². The topological polar surface area (TPSA) is 91.4 Å². The zero-order valence-corrected chi connectivity index (χ0v) is 13.0. The van der Waals surface area contributed by atoms with Gasteiger partial charge in [-0.1, -0.05) is 30.3 Å². The van der Waals surface area contributed by atoms with Gasteiger partial charge in [-0.25, -0.2) is 0 Å². The molecular weight excluding hydrogens is 280 g/mol. The van der Waals surface area contributed by atoms with E-state index in [4.69, 9.17) is 5.73 Å². The Balaban J connectivity index is 2.13. The molecule has 0 aliphatic carbocycles. The first-order chi connectivity index (χ1) is 10.6. The van der Waals surface area contributed by atoms with Crippen LogP contribution < -0.4 is 10.6 Å². The molecule has 7 nitrogen and oxygen atoms in total. The molecule has 0 radical (unpaired) electrons. The minimum absolute atomic E-state index is 0.0773. The van der Waals surface area contributed by atoms with Gasteiger partial charge in [-0.05, 0) is 5.56 Å². The predicted octanol–water partition coefficient (Wildman–Crippen LogP) is 0.514. The Hall–Kier alpha value is -2.25. The van der Waals surface area contributed by atoms with Gasteiger partial charge in [0.2, 0.25) is 11.9 Å². The Morgan fingerprint density at radius 1 is 1.05 bits per heavy atom. The second-order valence-corrected chi connectivity index (χ2v) is 5.22. The monoisotopic (exact) mass is 302 g/mol. The molecule has 22 heavy (non-hydrogen) atoms. The fraction of sp³-hybridized carbons (Fsp3) is 0.400. The highest BCUT2D eigenvalue weighted by molar-refractivity contribution is 5.32. The van der Waals surface area contributed by atoms with Crippen molar-refractivity contribution in [2.75, 3.05) is 37.9 Å². The zero-order chi connectivity index (χ0) is 15.9. The van der Waals surface area contributed by atoms with Gasteiger partial charge in [0.05, 0.1) is 13.2 Å². The molecule has 1 aromatic heterocycles. The third-order valence-corrected chi connectivity index (χ3v) is 3.12. The Labute approximate surface area is 130 Å². The molecule has 0 spiro atoms. The van der Waals surface area contributed by atoms with Crippen molar-refractivity contribution in [2.24, 2.45) is 0 Å². The highest BCUT2D eigenvalue weighted by atomic mass is 16.3. The van der Waals surface area contributed by atoms with Gasteiger partial charge < -0.3 is 15.7 Å². The molecule has 0 amide bonds. The molecule has 1 heterocycles. The Bertz CT molecular complexity index is 590. The van der Waals surface area contributed by atoms with E-state index in [-0.39, 0.29) is 12.6 Å². The van der Waals surface area contributed by atoms with E-state index < -0.39 is 0 Å². The molecule has 1 aromatic carbocycles. The fourth-order valence-corrected chi connectivity index (χ4v) is 2.09. The largest absolute Gasteiger partial charge is 0.395 e. The van der Waals surface area contributed by atoms with Crippen LogP contribution in [0, 0.1) is 0 Å². The van der Waals surface area contributed by atoms with E-state index in [1.54, 1.807) is 4.90 Å². The van der Waals surface area contributed by atoms with E-state index in [1.807, 2.05) is 32.3 Å². The molecule has 0 aliphatic heterocycles. The van der Waals surface area contributed by atoms with Crippen molar-refractivity contribution in [1.82, 2.24) is 19.9 Å². The normalized spacial score (nSPS) is 10.9. The Morgan fingerprint density at radius 3 is 2.41 bits per heavy atom. The third-order valence-electron chi connectivity index (χ3n) is 3.12. The van der Waals surface area contributed by atoms with Gasteiger partial charge in [0.1, 0.15) is 5.82 Å². The quantitative estimate of drug-likeness (QED) is 0.770. The smallest absolute Gasteiger partial charge is 0.229 e. The summed E-state index contributed by atoms with van der Waals surface area (Å²) in [5, 5.41) is 9.26. The van der Waals surface area contributed by atoms with Crippen LogP contribution in [-0.4, -0.2) is 52.2 Å². The van der Waals surface area contributed by atoms with Crippen molar-refractivity contribution in [3.05, 3.63) is 41.7 Å². The van der Waals surface area contributed by atoms with E-state index in [9.17, 15) is 5.11 Å². The lowest BCUT2D eigenvalue weighted by molar-refractivity contribution is 0.181. The number of nitrogens with two attached hydrogens (primary N) is 1. The molecule has 0 saturated heterocycles. The third kappa shape index (κ3) is 4.64. The minimum Gasteiger partial charge on any atom is -0.395 e. The highest BCUT2D eigenvalue weighted by Crippen LogP contribution is 2.10. The summed E-state index contributed by atoms with van der Waals surface area (Å²) in [5.74, 6) is 1.34. The van der Waals surface area contributed by atoms with Crippen LogP contribution in [0.4, 0.5) is 11.9 Å². The SMILES string of the molecule is CN(C)c1nc(N)nc(CN(CCO)Cc2ccccc2)n1. The molecule has 0 fully saturated rings. The van der Waals surface area contributed by atoms with Gasteiger partial charge in [-0.3, -0.25) is 4.90 Å². The molecule has 2 rings (SSSR count). The van der Waals surface area contributed by atoms with Gasteiger partial charge in [0, 0.05) is 27.2 Å². The summed E-state index contributed by atoms with van der Waals surface area (Å²) in [7, 11) is 3.71. The van der Waals surface area contributed by atoms with E-state index in [2.05, 4.69) is 32.0 Å². The van der Waals surface area contributed by atoms with Crippen LogP contribution in [-0.2, 0) is 13.1 Å². The fourth-order valence-electron chi connectivity index (χ4n) is 2.09. The van der Waals surface area contributed by atoms with Crippen LogP contribution in [0.1, 0.15) is 11.4 Å². The summed E-state index contributed by atoms with van der Waals surface area (Å²) >= 11 is 0. The van der Waals surface area contributed by atoms with Crippen molar-refractivity contribution >= 4 is 11.9 Å². The first kappa shape index (κ1) is 16.1. The summed E-state index contributed by atoms with van der Waals surface area (Å²) in [6.45, 7) is 1.83. The molecule has 2 aromatic rings. The van der Waals surface area contributed by atoms with Crippen molar-refractivity contribution in [3.8, 4) is 0 Å². The second kappa shape index (κ2) is 7.67. The van der Waals surface area contributed by atoms with Crippen molar-refractivity contribution in [3.63, 3.8) is 0 Å². The molecular formula is C15H22N6O. The second-order valence-electron chi connectivity index (χ2n) is 5.22. The van der Waals surface area contributed by atoms with Crippen molar-refractivity contribution in [2.45, 2.75) is 13.1 Å².